The zero-order valence-corrected chi connectivity index (χ0v) is 21.5. The van der Waals surface area contributed by atoms with E-state index in [4.69, 9.17) is 14.2 Å². The first-order valence-corrected chi connectivity index (χ1v) is 13.9. The molecule has 1 heterocycles. The van der Waals surface area contributed by atoms with Gasteiger partial charge in [0, 0.05) is 22.0 Å². The second-order valence-corrected chi connectivity index (χ2v) is 10.9. The van der Waals surface area contributed by atoms with Crippen LogP contribution < -0.4 is 19.5 Å². The van der Waals surface area contributed by atoms with Crippen molar-refractivity contribution in [3.05, 3.63) is 84.9 Å². The fraction of sp³-hybridized carbons (Fsp3) is 0.226. The fourth-order valence-corrected chi connectivity index (χ4v) is 7.34. The molecule has 0 fully saturated rings. The van der Waals surface area contributed by atoms with E-state index in [1.807, 2.05) is 12.1 Å². The highest BCUT2D eigenvalue weighted by molar-refractivity contribution is 7.66. The molecule has 5 rings (SSSR count). The van der Waals surface area contributed by atoms with Crippen molar-refractivity contribution in [3.63, 3.8) is 0 Å². The van der Waals surface area contributed by atoms with E-state index in [-0.39, 0.29) is 0 Å². The second kappa shape index (κ2) is 10.5. The van der Waals surface area contributed by atoms with Crippen molar-refractivity contribution in [2.24, 2.45) is 0 Å². The molecule has 0 radical (unpaired) electrons. The summed E-state index contributed by atoms with van der Waals surface area (Å²) in [5.41, 5.74) is 6.49. The molecule has 0 saturated heterocycles. The lowest BCUT2D eigenvalue weighted by Crippen LogP contribution is -2.07. The van der Waals surface area contributed by atoms with E-state index < -0.39 is 7.92 Å². The van der Waals surface area contributed by atoms with Gasteiger partial charge in [0.05, 0.1) is 19.8 Å². The molecule has 3 nitrogen and oxygen atoms in total. The molecule has 0 bridgehead atoms. The topological polar surface area (TPSA) is 27.7 Å². The van der Waals surface area contributed by atoms with E-state index in [9.17, 15) is 0 Å². The third-order valence-corrected chi connectivity index (χ3v) is 8.94. The highest BCUT2D eigenvalue weighted by Gasteiger charge is 2.31. The Kier molecular flexibility index (Phi) is 7.06. The average molecular weight is 483 g/mol. The highest BCUT2D eigenvalue weighted by atomic mass is 31.1. The molecule has 35 heavy (non-hydrogen) atoms. The van der Waals surface area contributed by atoms with Crippen LogP contribution in [0.5, 0.6) is 17.2 Å². The molecule has 178 valence electrons. The van der Waals surface area contributed by atoms with Gasteiger partial charge in [-0.3, -0.25) is 0 Å². The number of hydrogen-bond donors (Lipinski definition) is 0. The maximum absolute atomic E-state index is 6.19. The van der Waals surface area contributed by atoms with Crippen LogP contribution in [0.2, 0.25) is 0 Å². The number of ether oxygens (including phenoxy) is 3. The Morgan fingerprint density at radius 2 is 1.34 bits per heavy atom. The number of benzene rings is 4. The summed E-state index contributed by atoms with van der Waals surface area (Å²) in [6.07, 6.45) is 4.35. The van der Waals surface area contributed by atoms with Gasteiger partial charge in [-0.2, -0.15) is 0 Å². The van der Waals surface area contributed by atoms with Crippen LogP contribution in [0.4, 0.5) is 0 Å². The summed E-state index contributed by atoms with van der Waals surface area (Å²) in [6.45, 7) is 2.25. The van der Waals surface area contributed by atoms with E-state index in [2.05, 4.69) is 79.7 Å². The zero-order valence-electron chi connectivity index (χ0n) is 20.6. The van der Waals surface area contributed by atoms with Crippen molar-refractivity contribution in [3.8, 4) is 50.6 Å². The monoisotopic (exact) mass is 482 g/mol. The van der Waals surface area contributed by atoms with Gasteiger partial charge < -0.3 is 14.2 Å². The minimum atomic E-state index is -0.407. The molecule has 0 spiro atoms. The number of fused-ring (bicyclic) bond motifs is 1. The molecular weight excluding hydrogens is 451 g/mol. The van der Waals surface area contributed by atoms with E-state index in [0.717, 1.165) is 57.0 Å². The Balaban J connectivity index is 1.84. The molecular formula is C31H31O3P. The Labute approximate surface area is 209 Å². The van der Waals surface area contributed by atoms with Crippen LogP contribution in [0.15, 0.2) is 84.9 Å². The minimum Gasteiger partial charge on any atom is -0.495 e. The maximum atomic E-state index is 6.19. The third-order valence-electron chi connectivity index (χ3n) is 6.55. The van der Waals surface area contributed by atoms with Crippen molar-refractivity contribution in [2.75, 3.05) is 26.7 Å². The first-order valence-electron chi connectivity index (χ1n) is 12.2. The van der Waals surface area contributed by atoms with E-state index in [1.165, 1.54) is 24.3 Å². The van der Waals surface area contributed by atoms with Gasteiger partial charge in [-0.15, -0.1) is 0 Å². The summed E-state index contributed by atoms with van der Waals surface area (Å²) in [6, 6.07) is 29.5. The van der Waals surface area contributed by atoms with Crippen molar-refractivity contribution in [1.82, 2.24) is 0 Å². The summed E-state index contributed by atoms with van der Waals surface area (Å²) in [4.78, 5) is 0. The summed E-state index contributed by atoms with van der Waals surface area (Å²) in [7, 11) is 3.11. The maximum Gasteiger partial charge on any atom is 0.138 e. The lowest BCUT2D eigenvalue weighted by Gasteiger charge is -2.23. The van der Waals surface area contributed by atoms with Crippen molar-refractivity contribution in [1.29, 1.82) is 0 Å². The minimum absolute atomic E-state index is 0.407. The van der Waals surface area contributed by atoms with Gasteiger partial charge in [0.2, 0.25) is 0 Å². The Bertz CT molecular complexity index is 1240. The molecule has 1 atom stereocenters. The lowest BCUT2D eigenvalue weighted by atomic mass is 9.90. The standard InChI is InChI=1S/C31H31O3P/c1-4-5-19-35-21-34-27-18-12-17-24(31(27)35)28-29(32-2)25(22-13-8-6-9-14-22)20-26(30(28)33-3)23-15-10-7-11-16-23/h6-18,20H,4-5,19,21H2,1-3H3. The molecule has 1 aliphatic heterocycles. The summed E-state index contributed by atoms with van der Waals surface area (Å²) in [5.74, 6) is 2.66. The fourth-order valence-electron chi connectivity index (χ4n) is 4.88. The predicted octanol–water partition coefficient (Wildman–Crippen LogP) is 7.96. The van der Waals surface area contributed by atoms with Gasteiger partial charge >= 0.3 is 0 Å². The second-order valence-electron chi connectivity index (χ2n) is 8.69. The average Bonchev–Trinajstić information content (AvgIpc) is 3.35. The smallest absolute Gasteiger partial charge is 0.138 e. The molecule has 4 heteroatoms. The quantitative estimate of drug-likeness (QED) is 0.238. The van der Waals surface area contributed by atoms with Gasteiger partial charge in [0.1, 0.15) is 23.6 Å². The SMILES string of the molecule is CCCCP1COc2cccc(-c3c(OC)c(-c4ccccc4)cc(-c4ccccc4)c3OC)c21. The first kappa shape index (κ1) is 23.5. The molecule has 0 saturated carbocycles. The van der Waals surface area contributed by atoms with E-state index in [1.54, 1.807) is 14.2 Å². The van der Waals surface area contributed by atoms with Crippen molar-refractivity contribution < 1.29 is 14.2 Å². The molecule has 4 aromatic carbocycles. The first-order chi connectivity index (χ1) is 17.3. The molecule has 4 aromatic rings. The van der Waals surface area contributed by atoms with Gasteiger partial charge in [-0.05, 0) is 43.8 Å². The summed E-state index contributed by atoms with van der Waals surface area (Å²) < 4.78 is 18.6. The molecule has 0 aliphatic carbocycles. The number of methoxy groups -OCH3 is 2. The molecule has 0 amide bonds. The van der Waals surface area contributed by atoms with Crippen LogP contribution in [0, 0.1) is 0 Å². The number of hydrogen-bond acceptors (Lipinski definition) is 3. The van der Waals surface area contributed by atoms with Crippen LogP contribution in [0.3, 0.4) is 0 Å². The van der Waals surface area contributed by atoms with Crippen LogP contribution in [0.25, 0.3) is 33.4 Å². The number of rotatable bonds is 8. The number of unbranched alkanes of at least 4 members (excludes halogenated alkanes) is 1. The molecule has 0 aromatic heterocycles. The summed E-state index contributed by atoms with van der Waals surface area (Å²) in [5, 5.41) is 1.33. The lowest BCUT2D eigenvalue weighted by molar-refractivity contribution is 0.399. The van der Waals surface area contributed by atoms with Gasteiger partial charge in [-0.1, -0.05) is 86.1 Å². The molecule has 0 N–H and O–H groups in total. The molecule has 1 aliphatic rings. The third kappa shape index (κ3) is 4.42. The van der Waals surface area contributed by atoms with E-state index >= 15 is 0 Å². The Morgan fingerprint density at radius 3 is 1.89 bits per heavy atom. The van der Waals surface area contributed by atoms with Crippen molar-refractivity contribution >= 4 is 13.2 Å². The predicted molar refractivity (Wildman–Crippen MR) is 148 cm³/mol. The summed E-state index contributed by atoms with van der Waals surface area (Å²) >= 11 is 0. The van der Waals surface area contributed by atoms with Crippen LogP contribution in [-0.4, -0.2) is 26.7 Å². The Hall–Kier alpha value is -3.29. The van der Waals surface area contributed by atoms with Crippen LogP contribution in [-0.2, 0) is 0 Å². The van der Waals surface area contributed by atoms with Crippen LogP contribution >= 0.6 is 7.92 Å². The van der Waals surface area contributed by atoms with Gasteiger partial charge in [-0.25, -0.2) is 0 Å². The Morgan fingerprint density at radius 1 is 0.743 bits per heavy atom. The van der Waals surface area contributed by atoms with Gasteiger partial charge in [0.25, 0.3) is 0 Å². The largest absolute Gasteiger partial charge is 0.495 e. The highest BCUT2D eigenvalue weighted by Crippen LogP contribution is 2.54. The van der Waals surface area contributed by atoms with Crippen LogP contribution in [0.1, 0.15) is 19.8 Å². The normalized spacial score (nSPS) is 14.3. The molecule has 1 unspecified atom stereocenters. The van der Waals surface area contributed by atoms with E-state index in [0.29, 0.717) is 0 Å². The zero-order chi connectivity index (χ0) is 24.2. The van der Waals surface area contributed by atoms with Crippen molar-refractivity contribution in [2.45, 2.75) is 19.8 Å². The van der Waals surface area contributed by atoms with Gasteiger partial charge in [0.15, 0.2) is 0 Å².